The van der Waals surface area contributed by atoms with Gasteiger partial charge in [0.1, 0.15) is 5.82 Å². The molecule has 2 rings (SSSR count). The monoisotopic (exact) mass is 264 g/mol. The lowest BCUT2D eigenvalue weighted by molar-refractivity contribution is 0.0914. The van der Waals surface area contributed by atoms with E-state index in [1.165, 1.54) is 12.1 Å². The van der Waals surface area contributed by atoms with Crippen LogP contribution in [0.5, 0.6) is 0 Å². The number of hydrogen-bond acceptors (Lipinski definition) is 2. The molecule has 1 aliphatic rings. The topological polar surface area (TPSA) is 41.1 Å². The van der Waals surface area contributed by atoms with Crippen LogP contribution in [-0.2, 0) is 0 Å². The molecule has 3 atom stereocenters. The first-order chi connectivity index (χ1) is 8.95. The van der Waals surface area contributed by atoms with Crippen molar-refractivity contribution in [3.63, 3.8) is 0 Å². The molecule has 0 saturated carbocycles. The van der Waals surface area contributed by atoms with Crippen molar-refractivity contribution in [3.05, 3.63) is 35.1 Å². The summed E-state index contributed by atoms with van der Waals surface area (Å²) in [4.78, 5) is 12.1. The highest BCUT2D eigenvalue weighted by molar-refractivity contribution is 5.94. The molecule has 1 aromatic rings. The molecule has 1 aromatic carbocycles. The maximum Gasteiger partial charge on any atom is 0.251 e. The lowest BCUT2D eigenvalue weighted by Crippen LogP contribution is -2.54. The molecule has 0 spiro atoms. The van der Waals surface area contributed by atoms with Crippen LogP contribution >= 0.6 is 0 Å². The molecule has 1 aliphatic heterocycles. The highest BCUT2D eigenvalue weighted by Gasteiger charge is 2.26. The van der Waals surface area contributed by atoms with Crippen LogP contribution in [0.15, 0.2) is 18.2 Å². The molecule has 0 radical (unpaired) electrons. The van der Waals surface area contributed by atoms with E-state index in [-0.39, 0.29) is 23.8 Å². The predicted octanol–water partition coefficient (Wildman–Crippen LogP) is 2.39. The predicted molar refractivity (Wildman–Crippen MR) is 73.7 cm³/mol. The van der Waals surface area contributed by atoms with Gasteiger partial charge in [-0.25, -0.2) is 4.39 Å². The quantitative estimate of drug-likeness (QED) is 0.861. The molecule has 0 bridgehead atoms. The van der Waals surface area contributed by atoms with E-state index in [4.69, 9.17) is 0 Å². The fourth-order valence-electron chi connectivity index (χ4n) is 2.64. The summed E-state index contributed by atoms with van der Waals surface area (Å²) in [6.07, 6.45) is 1.99. The zero-order valence-corrected chi connectivity index (χ0v) is 11.7. The number of piperidine rings is 1. The van der Waals surface area contributed by atoms with Gasteiger partial charge in [0.15, 0.2) is 0 Å². The Labute approximate surface area is 113 Å². The van der Waals surface area contributed by atoms with Crippen molar-refractivity contribution in [2.24, 2.45) is 0 Å². The number of rotatable bonds is 2. The van der Waals surface area contributed by atoms with Gasteiger partial charge >= 0.3 is 0 Å². The van der Waals surface area contributed by atoms with E-state index in [0.29, 0.717) is 11.6 Å². The average Bonchev–Trinajstić information content (AvgIpc) is 2.31. The summed E-state index contributed by atoms with van der Waals surface area (Å²) in [5, 5.41) is 6.41. The van der Waals surface area contributed by atoms with Gasteiger partial charge in [0.25, 0.3) is 5.91 Å². The van der Waals surface area contributed by atoms with Crippen LogP contribution in [0, 0.1) is 12.7 Å². The second-order valence-electron chi connectivity index (χ2n) is 5.53. The summed E-state index contributed by atoms with van der Waals surface area (Å²) in [7, 11) is 0. The molecule has 2 N–H and O–H groups in total. The normalized spacial score (nSPS) is 27.1. The number of nitrogens with one attached hydrogen (secondary N) is 2. The van der Waals surface area contributed by atoms with Crippen molar-refractivity contribution in [1.29, 1.82) is 0 Å². The number of carbonyl (C=O) groups excluding carboxylic acids is 1. The maximum absolute atomic E-state index is 13.3. The molecule has 4 heteroatoms. The molecule has 1 amide bonds. The molecule has 104 valence electrons. The molecule has 1 fully saturated rings. The van der Waals surface area contributed by atoms with Crippen molar-refractivity contribution in [2.75, 3.05) is 0 Å². The Balaban J connectivity index is 2.04. The Morgan fingerprint density at radius 2 is 2.05 bits per heavy atom. The van der Waals surface area contributed by atoms with E-state index in [1.807, 2.05) is 0 Å². The minimum absolute atomic E-state index is 0.104. The SMILES string of the molecule is Cc1cc(F)cc(C(=O)NC2CCC(C)NC2C)c1. The standard InChI is InChI=1S/C15H21FN2O/c1-9-6-12(8-13(16)7-9)15(19)18-14-5-4-10(2)17-11(14)3/h6-8,10-11,14,17H,4-5H2,1-3H3,(H,18,19). The molecular formula is C15H21FN2O. The maximum atomic E-state index is 13.3. The van der Waals surface area contributed by atoms with E-state index in [1.54, 1.807) is 13.0 Å². The van der Waals surface area contributed by atoms with Gasteiger partial charge in [0.2, 0.25) is 0 Å². The molecule has 1 heterocycles. The number of amides is 1. The lowest BCUT2D eigenvalue weighted by atomic mass is 9.95. The lowest BCUT2D eigenvalue weighted by Gasteiger charge is -2.34. The smallest absolute Gasteiger partial charge is 0.251 e. The van der Waals surface area contributed by atoms with Gasteiger partial charge in [-0.3, -0.25) is 4.79 Å². The minimum Gasteiger partial charge on any atom is -0.348 e. The van der Waals surface area contributed by atoms with Gasteiger partial charge in [-0.1, -0.05) is 0 Å². The van der Waals surface area contributed by atoms with Crippen LogP contribution in [-0.4, -0.2) is 24.0 Å². The number of hydrogen-bond donors (Lipinski definition) is 2. The van der Waals surface area contributed by atoms with Crippen LogP contribution in [0.25, 0.3) is 0 Å². The first-order valence-corrected chi connectivity index (χ1v) is 6.80. The summed E-state index contributed by atoms with van der Waals surface area (Å²) in [5.41, 5.74) is 1.15. The molecule has 1 saturated heterocycles. The van der Waals surface area contributed by atoms with E-state index in [0.717, 1.165) is 18.4 Å². The Hall–Kier alpha value is -1.42. The Morgan fingerprint density at radius 3 is 2.68 bits per heavy atom. The zero-order chi connectivity index (χ0) is 14.0. The van der Waals surface area contributed by atoms with Crippen LogP contribution in [0.1, 0.15) is 42.6 Å². The molecule has 3 unspecified atom stereocenters. The summed E-state index contributed by atoms with van der Waals surface area (Å²) in [6, 6.07) is 5.24. The fraction of sp³-hybridized carbons (Fsp3) is 0.533. The zero-order valence-electron chi connectivity index (χ0n) is 11.7. The van der Waals surface area contributed by atoms with Crippen molar-refractivity contribution in [3.8, 4) is 0 Å². The molecular weight excluding hydrogens is 243 g/mol. The number of halogens is 1. The van der Waals surface area contributed by atoms with Crippen molar-refractivity contribution < 1.29 is 9.18 Å². The van der Waals surface area contributed by atoms with Crippen molar-refractivity contribution in [2.45, 2.75) is 51.7 Å². The van der Waals surface area contributed by atoms with Crippen LogP contribution < -0.4 is 10.6 Å². The third-order valence-corrected chi connectivity index (χ3v) is 3.68. The van der Waals surface area contributed by atoms with Gasteiger partial charge in [0, 0.05) is 23.7 Å². The van der Waals surface area contributed by atoms with Gasteiger partial charge in [-0.05, 0) is 57.4 Å². The summed E-state index contributed by atoms with van der Waals surface area (Å²) >= 11 is 0. The number of carbonyl (C=O) groups is 1. The third kappa shape index (κ3) is 3.53. The van der Waals surface area contributed by atoms with E-state index < -0.39 is 0 Å². The van der Waals surface area contributed by atoms with Crippen LogP contribution in [0.2, 0.25) is 0 Å². The summed E-state index contributed by atoms with van der Waals surface area (Å²) in [5.74, 6) is -0.565. The Kier molecular flexibility index (Phi) is 4.20. The van der Waals surface area contributed by atoms with E-state index >= 15 is 0 Å². The first kappa shape index (κ1) is 14.0. The van der Waals surface area contributed by atoms with Gasteiger partial charge in [-0.15, -0.1) is 0 Å². The van der Waals surface area contributed by atoms with E-state index in [9.17, 15) is 9.18 Å². The van der Waals surface area contributed by atoms with Gasteiger partial charge < -0.3 is 10.6 Å². The highest BCUT2D eigenvalue weighted by atomic mass is 19.1. The Bertz CT molecular complexity index is 455. The molecule has 19 heavy (non-hydrogen) atoms. The van der Waals surface area contributed by atoms with E-state index in [2.05, 4.69) is 24.5 Å². The average molecular weight is 264 g/mol. The Morgan fingerprint density at radius 1 is 1.32 bits per heavy atom. The summed E-state index contributed by atoms with van der Waals surface area (Å²) in [6.45, 7) is 5.99. The van der Waals surface area contributed by atoms with Gasteiger partial charge in [-0.2, -0.15) is 0 Å². The van der Waals surface area contributed by atoms with Crippen LogP contribution in [0.4, 0.5) is 4.39 Å². The number of benzene rings is 1. The van der Waals surface area contributed by atoms with Gasteiger partial charge in [0.05, 0.1) is 0 Å². The minimum atomic E-state index is -0.367. The molecule has 0 aliphatic carbocycles. The van der Waals surface area contributed by atoms with Crippen molar-refractivity contribution in [1.82, 2.24) is 10.6 Å². The van der Waals surface area contributed by atoms with Crippen molar-refractivity contribution >= 4 is 5.91 Å². The second kappa shape index (κ2) is 5.70. The number of aryl methyl sites for hydroxylation is 1. The first-order valence-electron chi connectivity index (χ1n) is 6.80. The summed E-state index contributed by atoms with van der Waals surface area (Å²) < 4.78 is 13.3. The third-order valence-electron chi connectivity index (χ3n) is 3.68. The second-order valence-corrected chi connectivity index (χ2v) is 5.53. The fourth-order valence-corrected chi connectivity index (χ4v) is 2.64. The van der Waals surface area contributed by atoms with Crippen LogP contribution in [0.3, 0.4) is 0 Å². The molecule has 0 aromatic heterocycles. The largest absolute Gasteiger partial charge is 0.348 e. The highest BCUT2D eigenvalue weighted by Crippen LogP contribution is 2.15. The molecule has 3 nitrogen and oxygen atoms in total.